The maximum absolute atomic E-state index is 4.52. The Hall–Kier alpha value is -3.15. The summed E-state index contributed by atoms with van der Waals surface area (Å²) in [6.45, 7) is 7.60. The number of pyridine rings is 1. The van der Waals surface area contributed by atoms with Gasteiger partial charge < -0.3 is 10.6 Å². The smallest absolute Gasteiger partial charge is 0.191 e. The Morgan fingerprint density at radius 3 is 2.48 bits per heavy atom. The molecule has 6 heteroatoms. The van der Waals surface area contributed by atoms with Gasteiger partial charge in [-0.25, -0.2) is 9.97 Å². The van der Waals surface area contributed by atoms with Crippen molar-refractivity contribution in [3.05, 3.63) is 77.0 Å². The van der Waals surface area contributed by atoms with Crippen LogP contribution in [0, 0.1) is 20.8 Å². The van der Waals surface area contributed by atoms with Gasteiger partial charge in [0.2, 0.25) is 0 Å². The molecule has 2 aromatic heterocycles. The SMILES string of the molecule is CN=C(NCc1ccc(-n2ccnc2C)nc1)NCc1ccc(C)cc1C. The molecule has 0 aliphatic carbocycles. The van der Waals surface area contributed by atoms with E-state index in [4.69, 9.17) is 0 Å². The molecular weight excluding hydrogens is 336 g/mol. The average Bonchev–Trinajstić information content (AvgIpc) is 3.09. The number of nitrogens with zero attached hydrogens (tertiary/aromatic N) is 4. The second kappa shape index (κ2) is 8.49. The molecule has 2 N–H and O–H groups in total. The monoisotopic (exact) mass is 362 g/mol. The number of aliphatic imine (C=N–C) groups is 1. The largest absolute Gasteiger partial charge is 0.352 e. The Kier molecular flexibility index (Phi) is 5.86. The molecule has 0 amide bonds. The van der Waals surface area contributed by atoms with Crippen molar-refractivity contribution in [1.82, 2.24) is 25.2 Å². The van der Waals surface area contributed by atoms with Crippen molar-refractivity contribution >= 4 is 5.96 Å². The third-order valence-electron chi connectivity index (χ3n) is 4.51. The fourth-order valence-corrected chi connectivity index (χ4v) is 2.91. The minimum atomic E-state index is 0.656. The van der Waals surface area contributed by atoms with E-state index in [9.17, 15) is 0 Å². The molecule has 0 fully saturated rings. The van der Waals surface area contributed by atoms with Crippen molar-refractivity contribution in [3.8, 4) is 5.82 Å². The maximum Gasteiger partial charge on any atom is 0.191 e. The summed E-state index contributed by atoms with van der Waals surface area (Å²) in [4.78, 5) is 13.0. The van der Waals surface area contributed by atoms with Crippen LogP contribution in [0.25, 0.3) is 5.82 Å². The normalized spacial score (nSPS) is 11.5. The van der Waals surface area contributed by atoms with Gasteiger partial charge in [0.05, 0.1) is 0 Å². The molecule has 0 aliphatic heterocycles. The number of benzene rings is 1. The highest BCUT2D eigenvalue weighted by Gasteiger charge is 2.04. The highest BCUT2D eigenvalue weighted by Crippen LogP contribution is 2.10. The van der Waals surface area contributed by atoms with E-state index in [1.54, 1.807) is 13.2 Å². The van der Waals surface area contributed by atoms with Crippen LogP contribution in [0.3, 0.4) is 0 Å². The first kappa shape index (κ1) is 18.6. The first-order valence-electron chi connectivity index (χ1n) is 9.02. The predicted octanol–water partition coefficient (Wildman–Crippen LogP) is 3.06. The van der Waals surface area contributed by atoms with Crippen molar-refractivity contribution in [2.24, 2.45) is 4.99 Å². The molecule has 140 valence electrons. The van der Waals surface area contributed by atoms with Gasteiger partial charge in [0.25, 0.3) is 0 Å². The van der Waals surface area contributed by atoms with Gasteiger partial charge in [0.15, 0.2) is 5.96 Å². The molecule has 0 unspecified atom stereocenters. The highest BCUT2D eigenvalue weighted by atomic mass is 15.2. The van der Waals surface area contributed by atoms with Crippen LogP contribution in [0.2, 0.25) is 0 Å². The van der Waals surface area contributed by atoms with Gasteiger partial charge in [-0.05, 0) is 43.5 Å². The summed E-state index contributed by atoms with van der Waals surface area (Å²) in [6, 6.07) is 10.5. The van der Waals surface area contributed by atoms with E-state index in [0.717, 1.165) is 29.7 Å². The van der Waals surface area contributed by atoms with E-state index in [0.29, 0.717) is 6.54 Å². The highest BCUT2D eigenvalue weighted by molar-refractivity contribution is 5.79. The van der Waals surface area contributed by atoms with Crippen LogP contribution in [0.4, 0.5) is 0 Å². The molecule has 3 aromatic rings. The molecule has 0 aliphatic rings. The van der Waals surface area contributed by atoms with Crippen LogP contribution in [0.15, 0.2) is 53.9 Å². The zero-order valence-electron chi connectivity index (χ0n) is 16.3. The molecule has 0 atom stereocenters. The zero-order chi connectivity index (χ0) is 19.2. The van der Waals surface area contributed by atoms with Gasteiger partial charge in [-0.1, -0.05) is 29.8 Å². The lowest BCUT2D eigenvalue weighted by Gasteiger charge is -2.14. The van der Waals surface area contributed by atoms with E-state index >= 15 is 0 Å². The van der Waals surface area contributed by atoms with Crippen LogP contribution in [0.1, 0.15) is 28.1 Å². The van der Waals surface area contributed by atoms with Crippen LogP contribution in [-0.2, 0) is 13.1 Å². The summed E-state index contributed by atoms with van der Waals surface area (Å²) >= 11 is 0. The number of hydrogen-bond donors (Lipinski definition) is 2. The van der Waals surface area contributed by atoms with E-state index in [2.05, 4.69) is 63.7 Å². The molecular formula is C21H26N6. The van der Waals surface area contributed by atoms with Crippen LogP contribution >= 0.6 is 0 Å². The molecule has 0 spiro atoms. The van der Waals surface area contributed by atoms with Gasteiger partial charge in [-0.2, -0.15) is 0 Å². The van der Waals surface area contributed by atoms with Gasteiger partial charge in [0.1, 0.15) is 11.6 Å². The van der Waals surface area contributed by atoms with Gasteiger partial charge in [0, 0.05) is 38.7 Å². The fraction of sp³-hybridized carbons (Fsp3) is 0.286. The first-order chi connectivity index (χ1) is 13.1. The number of nitrogens with one attached hydrogen (secondary N) is 2. The fourth-order valence-electron chi connectivity index (χ4n) is 2.91. The second-order valence-electron chi connectivity index (χ2n) is 6.58. The molecule has 0 saturated carbocycles. The van der Waals surface area contributed by atoms with Gasteiger partial charge in [-0.15, -0.1) is 0 Å². The minimum Gasteiger partial charge on any atom is -0.352 e. The van der Waals surface area contributed by atoms with Crippen molar-refractivity contribution in [2.45, 2.75) is 33.9 Å². The zero-order valence-corrected chi connectivity index (χ0v) is 16.3. The molecule has 27 heavy (non-hydrogen) atoms. The lowest BCUT2D eigenvalue weighted by atomic mass is 10.1. The molecule has 0 radical (unpaired) electrons. The van der Waals surface area contributed by atoms with Gasteiger partial charge >= 0.3 is 0 Å². The molecule has 6 nitrogen and oxygen atoms in total. The molecule has 3 rings (SSSR count). The Morgan fingerprint density at radius 2 is 1.85 bits per heavy atom. The lowest BCUT2D eigenvalue weighted by molar-refractivity contribution is 0.802. The predicted molar refractivity (Wildman–Crippen MR) is 109 cm³/mol. The third-order valence-corrected chi connectivity index (χ3v) is 4.51. The number of guanidine groups is 1. The van der Waals surface area contributed by atoms with E-state index < -0.39 is 0 Å². The average molecular weight is 362 g/mol. The van der Waals surface area contributed by atoms with Gasteiger partial charge in [-0.3, -0.25) is 9.56 Å². The number of hydrogen-bond acceptors (Lipinski definition) is 3. The lowest BCUT2D eigenvalue weighted by Crippen LogP contribution is -2.36. The Bertz CT molecular complexity index is 924. The third kappa shape index (κ3) is 4.73. The number of imidazole rings is 1. The first-order valence-corrected chi connectivity index (χ1v) is 9.02. The Labute approximate surface area is 160 Å². The summed E-state index contributed by atoms with van der Waals surface area (Å²) in [6.07, 6.45) is 5.56. The minimum absolute atomic E-state index is 0.656. The molecule has 0 bridgehead atoms. The maximum atomic E-state index is 4.52. The quantitative estimate of drug-likeness (QED) is 0.541. The van der Waals surface area contributed by atoms with E-state index in [1.807, 2.05) is 30.0 Å². The van der Waals surface area contributed by atoms with Crippen LogP contribution in [0.5, 0.6) is 0 Å². The summed E-state index contributed by atoms with van der Waals surface area (Å²) < 4.78 is 1.96. The number of aryl methyl sites for hydroxylation is 3. The standard InChI is InChI=1S/C21H26N6/c1-15-5-7-19(16(2)11-15)14-26-21(22-4)25-13-18-6-8-20(24-12-18)27-10-9-23-17(27)3/h5-12H,13-14H2,1-4H3,(H2,22,25,26). The Morgan fingerprint density at radius 1 is 1.04 bits per heavy atom. The summed E-state index contributed by atoms with van der Waals surface area (Å²) in [5.41, 5.74) is 4.92. The molecule has 2 heterocycles. The molecule has 1 aromatic carbocycles. The summed E-state index contributed by atoms with van der Waals surface area (Å²) in [5.74, 6) is 2.56. The summed E-state index contributed by atoms with van der Waals surface area (Å²) in [5, 5.41) is 6.70. The molecule has 0 saturated heterocycles. The Balaban J connectivity index is 1.55. The van der Waals surface area contributed by atoms with Crippen molar-refractivity contribution < 1.29 is 0 Å². The van der Waals surface area contributed by atoms with E-state index in [1.165, 1.54) is 16.7 Å². The number of rotatable bonds is 5. The summed E-state index contributed by atoms with van der Waals surface area (Å²) in [7, 11) is 1.78. The topological polar surface area (TPSA) is 67.1 Å². The van der Waals surface area contributed by atoms with Crippen LogP contribution < -0.4 is 10.6 Å². The number of aromatic nitrogens is 3. The second-order valence-corrected chi connectivity index (χ2v) is 6.58. The van der Waals surface area contributed by atoms with Crippen molar-refractivity contribution in [2.75, 3.05) is 7.05 Å². The van der Waals surface area contributed by atoms with Crippen molar-refractivity contribution in [3.63, 3.8) is 0 Å². The van der Waals surface area contributed by atoms with Crippen molar-refractivity contribution in [1.29, 1.82) is 0 Å². The van der Waals surface area contributed by atoms with Crippen LogP contribution in [-0.4, -0.2) is 27.5 Å². The van der Waals surface area contributed by atoms with E-state index in [-0.39, 0.29) is 0 Å².